The summed E-state index contributed by atoms with van der Waals surface area (Å²) < 4.78 is 0. The Morgan fingerprint density at radius 2 is 1.79 bits per heavy atom. The predicted molar refractivity (Wildman–Crippen MR) is 82.3 cm³/mol. The summed E-state index contributed by atoms with van der Waals surface area (Å²) in [5, 5.41) is 0. The van der Waals surface area contributed by atoms with Gasteiger partial charge in [0.2, 0.25) is 0 Å². The van der Waals surface area contributed by atoms with Crippen LogP contribution in [0.15, 0.2) is 0 Å². The molecule has 2 rings (SSSR count). The van der Waals surface area contributed by atoms with Crippen molar-refractivity contribution in [1.82, 2.24) is 9.80 Å². The van der Waals surface area contributed by atoms with Gasteiger partial charge >= 0.3 is 0 Å². The van der Waals surface area contributed by atoms with Crippen LogP contribution in [0.25, 0.3) is 0 Å². The second-order valence-corrected chi connectivity index (χ2v) is 7.53. The molecule has 0 bridgehead atoms. The zero-order chi connectivity index (χ0) is 13.9. The van der Waals surface area contributed by atoms with Crippen molar-refractivity contribution in [3.8, 4) is 0 Å². The molecule has 1 aliphatic carbocycles. The molecule has 3 heteroatoms. The Hall–Kier alpha value is -0.120. The van der Waals surface area contributed by atoms with Gasteiger partial charge in [0.05, 0.1) is 0 Å². The molecule has 0 spiro atoms. The standard InChI is InChI=1S/C16H33N3/c1-16(2)12-18(3)15(9-10-17)11-19(13-16)14-7-5-4-6-8-14/h14-15H,4-13,17H2,1-3H3. The van der Waals surface area contributed by atoms with Gasteiger partial charge in [0.25, 0.3) is 0 Å². The van der Waals surface area contributed by atoms with Crippen molar-refractivity contribution in [3.63, 3.8) is 0 Å². The highest BCUT2D eigenvalue weighted by atomic mass is 15.3. The molecule has 0 amide bonds. The second-order valence-electron chi connectivity index (χ2n) is 7.53. The highest BCUT2D eigenvalue weighted by Gasteiger charge is 2.35. The lowest BCUT2D eigenvalue weighted by Gasteiger charge is -2.37. The van der Waals surface area contributed by atoms with Gasteiger partial charge in [-0.25, -0.2) is 0 Å². The van der Waals surface area contributed by atoms with E-state index in [0.717, 1.165) is 19.0 Å². The third-order valence-electron chi connectivity index (χ3n) is 4.97. The molecule has 3 nitrogen and oxygen atoms in total. The molecule has 1 atom stereocenters. The lowest BCUT2D eigenvalue weighted by molar-refractivity contribution is 0.116. The van der Waals surface area contributed by atoms with Crippen molar-refractivity contribution in [3.05, 3.63) is 0 Å². The van der Waals surface area contributed by atoms with Gasteiger partial charge in [-0.15, -0.1) is 0 Å². The molecule has 0 aromatic carbocycles. The van der Waals surface area contributed by atoms with Gasteiger partial charge in [0.15, 0.2) is 0 Å². The van der Waals surface area contributed by atoms with Gasteiger partial charge in [-0.3, -0.25) is 4.90 Å². The van der Waals surface area contributed by atoms with E-state index in [4.69, 9.17) is 5.73 Å². The van der Waals surface area contributed by atoms with Crippen LogP contribution in [-0.4, -0.2) is 55.1 Å². The van der Waals surface area contributed by atoms with Crippen molar-refractivity contribution in [2.24, 2.45) is 11.1 Å². The van der Waals surface area contributed by atoms with Crippen molar-refractivity contribution in [2.75, 3.05) is 33.2 Å². The number of nitrogens with two attached hydrogens (primary N) is 1. The first-order chi connectivity index (χ1) is 9.02. The Morgan fingerprint density at radius 1 is 1.11 bits per heavy atom. The molecule has 0 aromatic heterocycles. The number of nitrogens with zero attached hydrogens (tertiary/aromatic N) is 2. The van der Waals surface area contributed by atoms with Crippen LogP contribution >= 0.6 is 0 Å². The maximum atomic E-state index is 5.82. The summed E-state index contributed by atoms with van der Waals surface area (Å²) in [6, 6.07) is 1.48. The molecule has 2 aliphatic rings. The molecule has 0 aromatic rings. The molecule has 112 valence electrons. The topological polar surface area (TPSA) is 32.5 Å². The summed E-state index contributed by atoms with van der Waals surface area (Å²) in [6.45, 7) is 9.33. The van der Waals surface area contributed by atoms with E-state index in [1.54, 1.807) is 0 Å². The Kier molecular flexibility index (Phi) is 5.27. The van der Waals surface area contributed by atoms with Crippen LogP contribution in [0.2, 0.25) is 0 Å². The van der Waals surface area contributed by atoms with E-state index in [0.29, 0.717) is 11.5 Å². The summed E-state index contributed by atoms with van der Waals surface area (Å²) in [5.74, 6) is 0. The van der Waals surface area contributed by atoms with Crippen molar-refractivity contribution in [1.29, 1.82) is 0 Å². The van der Waals surface area contributed by atoms with E-state index >= 15 is 0 Å². The molecule has 1 heterocycles. The zero-order valence-corrected chi connectivity index (χ0v) is 13.2. The van der Waals surface area contributed by atoms with Gasteiger partial charge in [-0.05, 0) is 38.3 Å². The van der Waals surface area contributed by atoms with Crippen LogP contribution in [0.1, 0.15) is 52.4 Å². The third-order valence-corrected chi connectivity index (χ3v) is 4.97. The monoisotopic (exact) mass is 267 g/mol. The molecule has 1 saturated carbocycles. The van der Waals surface area contributed by atoms with Crippen molar-refractivity contribution in [2.45, 2.75) is 64.5 Å². The lowest BCUT2D eigenvalue weighted by atomic mass is 9.89. The summed E-state index contributed by atoms with van der Waals surface area (Å²) in [4.78, 5) is 5.35. The molecule has 1 saturated heterocycles. The minimum atomic E-state index is 0.398. The van der Waals surface area contributed by atoms with Gasteiger partial charge < -0.3 is 10.6 Å². The first-order valence-electron chi connectivity index (χ1n) is 8.16. The fourth-order valence-corrected chi connectivity index (χ4v) is 4.11. The maximum Gasteiger partial charge on any atom is 0.0232 e. The largest absolute Gasteiger partial charge is 0.330 e. The smallest absolute Gasteiger partial charge is 0.0232 e. The van der Waals surface area contributed by atoms with Crippen LogP contribution in [0, 0.1) is 5.41 Å². The molecule has 2 fully saturated rings. The normalized spacial score (nSPS) is 31.3. The summed E-state index contributed by atoms with van der Waals surface area (Å²) in [5.41, 5.74) is 6.22. The summed E-state index contributed by atoms with van der Waals surface area (Å²) in [6.07, 6.45) is 8.26. The van der Waals surface area contributed by atoms with Crippen molar-refractivity contribution < 1.29 is 0 Å². The minimum absolute atomic E-state index is 0.398. The first-order valence-corrected chi connectivity index (χ1v) is 8.16. The zero-order valence-electron chi connectivity index (χ0n) is 13.2. The van der Waals surface area contributed by atoms with Crippen LogP contribution in [0.3, 0.4) is 0 Å². The van der Waals surface area contributed by atoms with Crippen molar-refractivity contribution >= 4 is 0 Å². The fourth-order valence-electron chi connectivity index (χ4n) is 4.11. The predicted octanol–water partition coefficient (Wildman–Crippen LogP) is 2.31. The van der Waals surface area contributed by atoms with Gasteiger partial charge in [-0.2, -0.15) is 0 Å². The first kappa shape index (κ1) is 15.3. The highest BCUT2D eigenvalue weighted by molar-refractivity contribution is 4.90. The maximum absolute atomic E-state index is 5.82. The lowest BCUT2D eigenvalue weighted by Crippen LogP contribution is -2.45. The quantitative estimate of drug-likeness (QED) is 0.852. The molecule has 2 N–H and O–H groups in total. The van der Waals surface area contributed by atoms with E-state index in [-0.39, 0.29) is 0 Å². The van der Waals surface area contributed by atoms with Crippen LogP contribution < -0.4 is 5.73 Å². The van der Waals surface area contributed by atoms with Crippen LogP contribution in [0.5, 0.6) is 0 Å². The van der Waals surface area contributed by atoms with Gasteiger partial charge in [0.1, 0.15) is 0 Å². The molecule has 19 heavy (non-hydrogen) atoms. The van der Waals surface area contributed by atoms with Gasteiger partial charge in [0, 0.05) is 31.7 Å². The Balaban J connectivity index is 2.07. The number of hydrogen-bond donors (Lipinski definition) is 1. The Labute approximate surface area is 119 Å². The molecular formula is C16H33N3. The van der Waals surface area contributed by atoms with Gasteiger partial charge in [-0.1, -0.05) is 33.1 Å². The number of hydrogen-bond acceptors (Lipinski definition) is 3. The second kappa shape index (κ2) is 6.55. The average Bonchev–Trinajstić information content (AvgIpc) is 2.47. The molecule has 0 radical (unpaired) electrons. The van der Waals surface area contributed by atoms with E-state index in [1.807, 2.05) is 0 Å². The Bertz CT molecular complexity index is 271. The molecule has 1 aliphatic heterocycles. The number of rotatable bonds is 3. The number of likely N-dealkylation sites (N-methyl/N-ethyl adjacent to an activating group) is 1. The highest BCUT2D eigenvalue weighted by Crippen LogP contribution is 2.30. The van der Waals surface area contributed by atoms with E-state index in [9.17, 15) is 0 Å². The third kappa shape index (κ3) is 4.17. The summed E-state index contributed by atoms with van der Waals surface area (Å²) in [7, 11) is 2.28. The molecule has 1 unspecified atom stereocenters. The fraction of sp³-hybridized carbons (Fsp3) is 1.00. The van der Waals surface area contributed by atoms with E-state index < -0.39 is 0 Å². The minimum Gasteiger partial charge on any atom is -0.330 e. The van der Waals surface area contributed by atoms with Crippen LogP contribution in [-0.2, 0) is 0 Å². The van der Waals surface area contributed by atoms with E-state index in [2.05, 4.69) is 30.7 Å². The van der Waals surface area contributed by atoms with E-state index in [1.165, 1.54) is 51.7 Å². The summed E-state index contributed by atoms with van der Waals surface area (Å²) >= 11 is 0. The average molecular weight is 267 g/mol. The molecular weight excluding hydrogens is 234 g/mol. The van der Waals surface area contributed by atoms with Crippen LogP contribution in [0.4, 0.5) is 0 Å². The SMILES string of the molecule is CN1CC(C)(C)CN(C2CCCCC2)CC1CCN. The Morgan fingerprint density at radius 3 is 2.42 bits per heavy atom.